The van der Waals surface area contributed by atoms with E-state index in [2.05, 4.69) is 9.97 Å². The standard InChI is InChI=1S/C11H12ClN3O3/c12-11-10-6(1-2-13-11)14-5-15(10)9-3-7(17)8(4-16)18-9/h1-2,5,7-9,16-17H,3-4H2/t7-,8+,9+/m0/s1. The second-order valence-electron chi connectivity index (χ2n) is 4.24. The Bertz CT molecular complexity index is 574. The van der Waals surface area contributed by atoms with E-state index in [1.165, 1.54) is 0 Å². The monoisotopic (exact) mass is 269 g/mol. The first kappa shape index (κ1) is 11.9. The van der Waals surface area contributed by atoms with Crippen LogP contribution in [0, 0.1) is 0 Å². The van der Waals surface area contributed by atoms with Gasteiger partial charge in [0, 0.05) is 12.6 Å². The molecule has 3 heterocycles. The predicted molar refractivity (Wildman–Crippen MR) is 64.2 cm³/mol. The van der Waals surface area contributed by atoms with Gasteiger partial charge in [0.15, 0.2) is 5.15 Å². The molecule has 0 saturated carbocycles. The zero-order chi connectivity index (χ0) is 12.7. The third-order valence-corrected chi connectivity index (χ3v) is 3.41. The normalized spacial score (nSPS) is 28.1. The Morgan fingerprint density at radius 1 is 1.50 bits per heavy atom. The molecular weight excluding hydrogens is 258 g/mol. The predicted octanol–water partition coefficient (Wildman–Crippen LogP) is 0.725. The van der Waals surface area contributed by atoms with Crippen LogP contribution >= 0.6 is 11.6 Å². The Balaban J connectivity index is 2.01. The van der Waals surface area contributed by atoms with Crippen molar-refractivity contribution in [2.45, 2.75) is 24.9 Å². The summed E-state index contributed by atoms with van der Waals surface area (Å²) < 4.78 is 7.31. The van der Waals surface area contributed by atoms with Crippen LogP contribution in [-0.4, -0.2) is 43.6 Å². The lowest BCUT2D eigenvalue weighted by Gasteiger charge is -2.14. The van der Waals surface area contributed by atoms with Gasteiger partial charge in [-0.1, -0.05) is 11.6 Å². The van der Waals surface area contributed by atoms with Crippen molar-refractivity contribution in [1.82, 2.24) is 14.5 Å². The van der Waals surface area contributed by atoms with Gasteiger partial charge in [-0.15, -0.1) is 0 Å². The van der Waals surface area contributed by atoms with Crippen LogP contribution in [0.4, 0.5) is 0 Å². The van der Waals surface area contributed by atoms with Gasteiger partial charge in [0.05, 0.1) is 24.6 Å². The molecule has 1 saturated heterocycles. The number of aliphatic hydroxyl groups is 2. The van der Waals surface area contributed by atoms with Crippen LogP contribution in [0.2, 0.25) is 5.15 Å². The first-order valence-corrected chi connectivity index (χ1v) is 6.00. The van der Waals surface area contributed by atoms with E-state index in [-0.39, 0.29) is 12.8 Å². The lowest BCUT2D eigenvalue weighted by atomic mass is 10.2. The first-order valence-electron chi connectivity index (χ1n) is 5.62. The molecule has 0 unspecified atom stereocenters. The molecule has 18 heavy (non-hydrogen) atoms. The minimum Gasteiger partial charge on any atom is -0.394 e. The minimum absolute atomic E-state index is 0.212. The van der Waals surface area contributed by atoms with E-state index in [1.807, 2.05) is 0 Å². The van der Waals surface area contributed by atoms with E-state index in [0.717, 1.165) is 5.52 Å². The van der Waals surface area contributed by atoms with Crippen LogP contribution in [0.15, 0.2) is 18.6 Å². The van der Waals surface area contributed by atoms with Gasteiger partial charge in [-0.3, -0.25) is 0 Å². The second-order valence-corrected chi connectivity index (χ2v) is 4.59. The molecular formula is C11H12ClN3O3. The van der Waals surface area contributed by atoms with Crippen molar-refractivity contribution in [3.63, 3.8) is 0 Å². The van der Waals surface area contributed by atoms with Crippen LogP contribution in [0.25, 0.3) is 11.0 Å². The maximum atomic E-state index is 9.73. The third-order valence-electron chi connectivity index (χ3n) is 3.13. The van der Waals surface area contributed by atoms with Crippen molar-refractivity contribution in [1.29, 1.82) is 0 Å². The number of hydrogen-bond donors (Lipinski definition) is 2. The second kappa shape index (κ2) is 4.47. The average Bonchev–Trinajstić information content (AvgIpc) is 2.93. The number of halogens is 1. The summed E-state index contributed by atoms with van der Waals surface area (Å²) in [5.74, 6) is 0. The molecule has 0 amide bonds. The number of hydrogen-bond acceptors (Lipinski definition) is 5. The summed E-state index contributed by atoms with van der Waals surface area (Å²) in [5, 5.41) is 19.1. The average molecular weight is 270 g/mol. The number of imidazole rings is 1. The molecule has 0 bridgehead atoms. The van der Waals surface area contributed by atoms with Gasteiger partial charge in [-0.2, -0.15) is 0 Å². The molecule has 1 aliphatic rings. The Hall–Kier alpha value is -1.21. The zero-order valence-corrected chi connectivity index (χ0v) is 10.2. The third kappa shape index (κ3) is 1.78. The van der Waals surface area contributed by atoms with E-state index < -0.39 is 12.2 Å². The number of aliphatic hydroxyl groups excluding tert-OH is 2. The van der Waals surface area contributed by atoms with Gasteiger partial charge in [0.2, 0.25) is 0 Å². The number of rotatable bonds is 2. The minimum atomic E-state index is -0.687. The molecule has 0 spiro atoms. The fraction of sp³-hybridized carbons (Fsp3) is 0.455. The molecule has 1 fully saturated rings. The number of nitrogens with zero attached hydrogens (tertiary/aromatic N) is 3. The Morgan fingerprint density at radius 3 is 3.06 bits per heavy atom. The number of ether oxygens (including phenoxy) is 1. The van der Waals surface area contributed by atoms with Gasteiger partial charge >= 0.3 is 0 Å². The summed E-state index contributed by atoms with van der Waals surface area (Å²) in [6, 6.07) is 1.76. The van der Waals surface area contributed by atoms with Crippen LogP contribution in [0.3, 0.4) is 0 Å². The first-order chi connectivity index (χ1) is 8.70. The molecule has 3 atom stereocenters. The van der Waals surface area contributed by atoms with E-state index in [4.69, 9.17) is 21.4 Å². The molecule has 96 valence electrons. The Kier molecular flexibility index (Phi) is 2.95. The van der Waals surface area contributed by atoms with Crippen molar-refractivity contribution < 1.29 is 14.9 Å². The zero-order valence-electron chi connectivity index (χ0n) is 9.40. The van der Waals surface area contributed by atoms with Crippen molar-refractivity contribution >= 4 is 22.6 Å². The molecule has 2 aromatic heterocycles. The molecule has 2 aromatic rings. The molecule has 0 aromatic carbocycles. The van der Waals surface area contributed by atoms with Gasteiger partial charge in [-0.05, 0) is 6.07 Å². The van der Waals surface area contributed by atoms with Crippen LogP contribution < -0.4 is 0 Å². The van der Waals surface area contributed by atoms with Gasteiger partial charge in [0.25, 0.3) is 0 Å². The van der Waals surface area contributed by atoms with Gasteiger partial charge < -0.3 is 19.5 Å². The van der Waals surface area contributed by atoms with Gasteiger partial charge in [0.1, 0.15) is 17.8 Å². The van der Waals surface area contributed by atoms with Crippen molar-refractivity contribution in [3.8, 4) is 0 Å². The fourth-order valence-corrected chi connectivity index (χ4v) is 2.46. The van der Waals surface area contributed by atoms with Crippen LogP contribution in [-0.2, 0) is 4.74 Å². The number of aromatic nitrogens is 3. The molecule has 2 N–H and O–H groups in total. The van der Waals surface area contributed by atoms with E-state index in [1.54, 1.807) is 23.2 Å². The SMILES string of the molecule is OC[C@H]1O[C@@H](n2cnc3ccnc(Cl)c32)C[C@@H]1O. The molecule has 1 aliphatic heterocycles. The Labute approximate surface area is 108 Å². The summed E-state index contributed by atoms with van der Waals surface area (Å²) in [6.45, 7) is -0.212. The summed E-state index contributed by atoms with van der Waals surface area (Å²) in [6.07, 6.45) is 1.94. The van der Waals surface area contributed by atoms with Crippen molar-refractivity contribution in [3.05, 3.63) is 23.7 Å². The number of pyridine rings is 1. The highest BCUT2D eigenvalue weighted by Crippen LogP contribution is 2.32. The smallest absolute Gasteiger partial charge is 0.154 e. The maximum absolute atomic E-state index is 9.73. The van der Waals surface area contributed by atoms with E-state index in [9.17, 15) is 5.11 Å². The quantitative estimate of drug-likeness (QED) is 0.786. The Morgan fingerprint density at radius 2 is 2.33 bits per heavy atom. The largest absolute Gasteiger partial charge is 0.394 e. The number of fused-ring (bicyclic) bond motifs is 1. The van der Waals surface area contributed by atoms with Crippen LogP contribution in [0.1, 0.15) is 12.6 Å². The summed E-state index contributed by atoms with van der Waals surface area (Å²) in [5.41, 5.74) is 1.40. The van der Waals surface area contributed by atoms with E-state index >= 15 is 0 Å². The van der Waals surface area contributed by atoms with Crippen molar-refractivity contribution in [2.24, 2.45) is 0 Å². The van der Waals surface area contributed by atoms with Gasteiger partial charge in [-0.25, -0.2) is 9.97 Å². The maximum Gasteiger partial charge on any atom is 0.154 e. The summed E-state index contributed by atoms with van der Waals surface area (Å²) in [7, 11) is 0. The lowest BCUT2D eigenvalue weighted by Crippen LogP contribution is -2.24. The molecule has 0 aliphatic carbocycles. The highest BCUT2D eigenvalue weighted by atomic mass is 35.5. The van der Waals surface area contributed by atoms with Crippen LogP contribution in [0.5, 0.6) is 0 Å². The summed E-state index contributed by atoms with van der Waals surface area (Å²) in [4.78, 5) is 8.22. The highest BCUT2D eigenvalue weighted by molar-refractivity contribution is 6.33. The highest BCUT2D eigenvalue weighted by Gasteiger charge is 2.35. The molecule has 7 heteroatoms. The molecule has 3 rings (SSSR count). The van der Waals surface area contributed by atoms with Crippen molar-refractivity contribution in [2.75, 3.05) is 6.61 Å². The topological polar surface area (TPSA) is 80.4 Å². The molecule has 6 nitrogen and oxygen atoms in total. The lowest BCUT2D eigenvalue weighted by molar-refractivity contribution is -0.0430. The summed E-state index contributed by atoms with van der Waals surface area (Å²) >= 11 is 6.05. The fourth-order valence-electron chi connectivity index (χ4n) is 2.21. The molecule has 0 radical (unpaired) electrons. The van der Waals surface area contributed by atoms with E-state index in [0.29, 0.717) is 17.1 Å².